The topological polar surface area (TPSA) is 61.4 Å². The van der Waals surface area contributed by atoms with E-state index in [4.69, 9.17) is 0 Å². The molecule has 0 bridgehead atoms. The lowest BCUT2D eigenvalue weighted by atomic mass is 9.98. The highest BCUT2D eigenvalue weighted by Gasteiger charge is 2.22. The third-order valence-corrected chi connectivity index (χ3v) is 2.27. The molecule has 0 unspecified atom stereocenters. The minimum Gasteiger partial charge on any atom is -0.388 e. The quantitative estimate of drug-likeness (QED) is 0.544. The fraction of sp³-hybridized carbons (Fsp3) is 0.889. The highest BCUT2D eigenvalue weighted by atomic mass is 16.3. The summed E-state index contributed by atoms with van der Waals surface area (Å²) in [5, 5.41) is 15.2. The summed E-state index contributed by atoms with van der Waals surface area (Å²) in [6.07, 6.45) is 1.31. The molecule has 4 nitrogen and oxygen atoms in total. The molecule has 4 heteroatoms. The summed E-state index contributed by atoms with van der Waals surface area (Å²) in [5.74, 6) is -0.0807. The van der Waals surface area contributed by atoms with Gasteiger partial charge in [-0.2, -0.15) is 0 Å². The molecule has 0 saturated heterocycles. The molecule has 13 heavy (non-hydrogen) atoms. The maximum Gasteiger partial charge on any atom is 0.234 e. The van der Waals surface area contributed by atoms with E-state index in [2.05, 4.69) is 10.6 Å². The molecule has 0 radical (unpaired) electrons. The van der Waals surface area contributed by atoms with Gasteiger partial charge in [0.1, 0.15) is 0 Å². The van der Waals surface area contributed by atoms with Gasteiger partial charge in [-0.1, -0.05) is 13.8 Å². The predicted molar refractivity (Wildman–Crippen MR) is 52.5 cm³/mol. The molecular formula is C9H20N2O2. The summed E-state index contributed by atoms with van der Waals surface area (Å²) in [6, 6.07) is 0. The Bertz CT molecular complexity index is 156. The minimum atomic E-state index is -0.747. The molecule has 0 fully saturated rings. The van der Waals surface area contributed by atoms with Crippen LogP contribution in [0.5, 0.6) is 0 Å². The summed E-state index contributed by atoms with van der Waals surface area (Å²) in [6.45, 7) is 4.45. The van der Waals surface area contributed by atoms with Crippen molar-refractivity contribution in [3.63, 3.8) is 0 Å². The number of amides is 1. The van der Waals surface area contributed by atoms with E-state index in [9.17, 15) is 9.90 Å². The van der Waals surface area contributed by atoms with Gasteiger partial charge in [-0.15, -0.1) is 0 Å². The zero-order valence-corrected chi connectivity index (χ0v) is 8.68. The van der Waals surface area contributed by atoms with Crippen LogP contribution in [0.1, 0.15) is 26.7 Å². The van der Waals surface area contributed by atoms with Crippen LogP contribution in [0.4, 0.5) is 0 Å². The zero-order chi connectivity index (χ0) is 10.3. The van der Waals surface area contributed by atoms with Crippen molar-refractivity contribution in [2.45, 2.75) is 32.3 Å². The lowest BCUT2D eigenvalue weighted by Crippen LogP contribution is -2.44. The number of aliphatic hydroxyl groups is 1. The molecule has 0 aliphatic carbocycles. The zero-order valence-electron chi connectivity index (χ0n) is 8.68. The SMILES string of the molecule is CCC(O)(CC)CNC(=O)CNC. The third-order valence-electron chi connectivity index (χ3n) is 2.27. The van der Waals surface area contributed by atoms with Crippen molar-refractivity contribution in [2.75, 3.05) is 20.1 Å². The van der Waals surface area contributed by atoms with Gasteiger partial charge in [-0.3, -0.25) is 4.79 Å². The van der Waals surface area contributed by atoms with Crippen molar-refractivity contribution >= 4 is 5.91 Å². The fourth-order valence-corrected chi connectivity index (χ4v) is 0.986. The molecule has 0 atom stereocenters. The van der Waals surface area contributed by atoms with Crippen LogP contribution in [0.3, 0.4) is 0 Å². The van der Waals surface area contributed by atoms with E-state index < -0.39 is 5.60 Å². The van der Waals surface area contributed by atoms with Gasteiger partial charge < -0.3 is 15.7 Å². The van der Waals surface area contributed by atoms with E-state index in [0.717, 1.165) is 0 Å². The number of hydrogen-bond donors (Lipinski definition) is 3. The molecule has 0 aliphatic heterocycles. The Morgan fingerprint density at radius 2 is 1.92 bits per heavy atom. The van der Waals surface area contributed by atoms with Gasteiger partial charge in [-0.05, 0) is 19.9 Å². The van der Waals surface area contributed by atoms with E-state index in [-0.39, 0.29) is 5.91 Å². The van der Waals surface area contributed by atoms with E-state index in [1.54, 1.807) is 7.05 Å². The average Bonchev–Trinajstić information content (AvgIpc) is 2.15. The smallest absolute Gasteiger partial charge is 0.234 e. The van der Waals surface area contributed by atoms with Crippen molar-refractivity contribution in [2.24, 2.45) is 0 Å². The van der Waals surface area contributed by atoms with Gasteiger partial charge in [0.05, 0.1) is 12.1 Å². The predicted octanol–water partition coefficient (Wildman–Crippen LogP) is -0.127. The maximum absolute atomic E-state index is 11.0. The van der Waals surface area contributed by atoms with Crippen LogP contribution in [0.15, 0.2) is 0 Å². The van der Waals surface area contributed by atoms with Crippen LogP contribution in [0, 0.1) is 0 Å². The molecule has 0 saturated carbocycles. The molecule has 78 valence electrons. The van der Waals surface area contributed by atoms with Crippen LogP contribution in [0.25, 0.3) is 0 Å². The molecule has 0 aromatic rings. The molecule has 0 aromatic carbocycles. The molecular weight excluding hydrogens is 168 g/mol. The Balaban J connectivity index is 3.78. The number of rotatable bonds is 6. The van der Waals surface area contributed by atoms with Gasteiger partial charge in [0.15, 0.2) is 0 Å². The highest BCUT2D eigenvalue weighted by molar-refractivity contribution is 5.77. The number of likely N-dealkylation sites (N-methyl/N-ethyl adjacent to an activating group) is 1. The van der Waals surface area contributed by atoms with E-state index in [0.29, 0.717) is 25.9 Å². The summed E-state index contributed by atoms with van der Waals surface area (Å²) < 4.78 is 0. The second kappa shape index (κ2) is 5.94. The van der Waals surface area contributed by atoms with E-state index in [1.807, 2.05) is 13.8 Å². The molecule has 0 spiro atoms. The Labute approximate surface area is 79.7 Å². The van der Waals surface area contributed by atoms with Gasteiger partial charge in [0, 0.05) is 6.54 Å². The first-order chi connectivity index (χ1) is 6.08. The Hall–Kier alpha value is -0.610. The Kier molecular flexibility index (Phi) is 5.66. The van der Waals surface area contributed by atoms with Crippen molar-refractivity contribution < 1.29 is 9.90 Å². The summed E-state index contributed by atoms with van der Waals surface area (Å²) in [7, 11) is 1.71. The van der Waals surface area contributed by atoms with Crippen LogP contribution in [-0.4, -0.2) is 36.8 Å². The minimum absolute atomic E-state index is 0.0807. The van der Waals surface area contributed by atoms with Gasteiger partial charge in [0.2, 0.25) is 5.91 Å². The van der Waals surface area contributed by atoms with E-state index in [1.165, 1.54) is 0 Å². The maximum atomic E-state index is 11.0. The Morgan fingerprint density at radius 1 is 1.38 bits per heavy atom. The summed E-state index contributed by atoms with van der Waals surface area (Å²) >= 11 is 0. The van der Waals surface area contributed by atoms with Crippen molar-refractivity contribution in [3.8, 4) is 0 Å². The molecule has 0 aromatic heterocycles. The number of carbonyl (C=O) groups is 1. The monoisotopic (exact) mass is 188 g/mol. The standard InChI is InChI=1S/C9H20N2O2/c1-4-9(13,5-2)7-11-8(12)6-10-3/h10,13H,4-7H2,1-3H3,(H,11,12). The van der Waals surface area contributed by atoms with Crippen LogP contribution in [-0.2, 0) is 4.79 Å². The van der Waals surface area contributed by atoms with Crippen molar-refractivity contribution in [1.29, 1.82) is 0 Å². The molecule has 1 amide bonds. The highest BCUT2D eigenvalue weighted by Crippen LogP contribution is 2.12. The second-order valence-electron chi connectivity index (χ2n) is 3.24. The summed E-state index contributed by atoms with van der Waals surface area (Å²) in [5.41, 5.74) is -0.747. The number of hydrogen-bond acceptors (Lipinski definition) is 3. The lowest BCUT2D eigenvalue weighted by Gasteiger charge is -2.25. The normalized spacial score (nSPS) is 11.4. The lowest BCUT2D eigenvalue weighted by molar-refractivity contribution is -0.121. The molecule has 3 N–H and O–H groups in total. The van der Waals surface area contributed by atoms with Crippen LogP contribution < -0.4 is 10.6 Å². The first-order valence-electron chi connectivity index (χ1n) is 4.71. The van der Waals surface area contributed by atoms with Gasteiger partial charge >= 0.3 is 0 Å². The van der Waals surface area contributed by atoms with Gasteiger partial charge in [-0.25, -0.2) is 0 Å². The van der Waals surface area contributed by atoms with Crippen LogP contribution in [0.2, 0.25) is 0 Å². The molecule has 0 aliphatic rings. The number of nitrogens with one attached hydrogen (secondary N) is 2. The molecule has 0 heterocycles. The summed E-state index contributed by atoms with van der Waals surface area (Å²) in [4.78, 5) is 11.0. The fourth-order valence-electron chi connectivity index (χ4n) is 0.986. The largest absolute Gasteiger partial charge is 0.388 e. The average molecular weight is 188 g/mol. The van der Waals surface area contributed by atoms with Crippen LogP contribution >= 0.6 is 0 Å². The molecule has 0 rings (SSSR count). The van der Waals surface area contributed by atoms with Crippen molar-refractivity contribution in [3.05, 3.63) is 0 Å². The van der Waals surface area contributed by atoms with Gasteiger partial charge in [0.25, 0.3) is 0 Å². The number of carbonyl (C=O) groups excluding carboxylic acids is 1. The first kappa shape index (κ1) is 12.4. The van der Waals surface area contributed by atoms with Crippen molar-refractivity contribution in [1.82, 2.24) is 10.6 Å². The first-order valence-corrected chi connectivity index (χ1v) is 4.71. The Morgan fingerprint density at radius 3 is 2.31 bits per heavy atom. The van der Waals surface area contributed by atoms with E-state index >= 15 is 0 Å². The second-order valence-corrected chi connectivity index (χ2v) is 3.24. The third kappa shape index (κ3) is 4.85.